The van der Waals surface area contributed by atoms with Crippen LogP contribution >= 0.6 is 0 Å². The first-order chi connectivity index (χ1) is 14.1. The van der Waals surface area contributed by atoms with Crippen LogP contribution in [0.4, 0.5) is 4.39 Å². The Morgan fingerprint density at radius 1 is 1.10 bits per heavy atom. The van der Waals surface area contributed by atoms with Gasteiger partial charge in [0.2, 0.25) is 10.0 Å². The molecule has 0 spiro atoms. The van der Waals surface area contributed by atoms with Crippen LogP contribution in [0.15, 0.2) is 47.4 Å². The fourth-order valence-corrected chi connectivity index (χ4v) is 4.40. The fraction of sp³-hybridized carbons (Fsp3) is 0.409. The number of rotatable bonds is 8. The predicted molar refractivity (Wildman–Crippen MR) is 117 cm³/mol. The molecule has 0 aliphatic heterocycles. The van der Waals surface area contributed by atoms with Crippen molar-refractivity contribution in [1.82, 2.24) is 18.8 Å². The average Bonchev–Trinajstić information content (AvgIpc) is 3.04. The lowest BCUT2D eigenvalue weighted by Gasteiger charge is -2.25. The van der Waals surface area contributed by atoms with Crippen molar-refractivity contribution in [1.29, 1.82) is 0 Å². The summed E-state index contributed by atoms with van der Waals surface area (Å²) in [6, 6.07) is 11.7. The van der Waals surface area contributed by atoms with Crippen LogP contribution in [0.2, 0.25) is 0 Å². The molecule has 1 atom stereocenters. The van der Waals surface area contributed by atoms with Crippen molar-refractivity contribution in [2.75, 3.05) is 21.1 Å². The minimum absolute atomic E-state index is 0.0742. The molecule has 3 rings (SSSR count). The molecule has 0 amide bonds. The summed E-state index contributed by atoms with van der Waals surface area (Å²) in [5, 5.41) is 0. The quantitative estimate of drug-likeness (QED) is 0.539. The standard InChI is InChI=1S/C22H29FN4O2S/c1-6-13-27-21-12-11-19(30(28,29)25(3)4)14-20(21)24-22(27)15-26(5)16(2)17-7-9-18(23)10-8-17/h7-12,14,16H,6,13,15H2,1-5H3. The number of aromatic nitrogens is 2. The van der Waals surface area contributed by atoms with E-state index in [0.29, 0.717) is 12.1 Å². The molecule has 1 heterocycles. The second kappa shape index (κ2) is 8.83. The normalized spacial score (nSPS) is 13.5. The molecular formula is C22H29FN4O2S. The van der Waals surface area contributed by atoms with Crippen molar-refractivity contribution in [3.8, 4) is 0 Å². The Bertz CT molecular complexity index is 1120. The number of hydrogen-bond acceptors (Lipinski definition) is 4. The van der Waals surface area contributed by atoms with E-state index in [2.05, 4.69) is 23.3 Å². The average molecular weight is 433 g/mol. The molecule has 0 bridgehead atoms. The number of imidazole rings is 1. The minimum Gasteiger partial charge on any atom is -0.327 e. The smallest absolute Gasteiger partial charge is 0.242 e. The van der Waals surface area contributed by atoms with Gasteiger partial charge in [0.25, 0.3) is 0 Å². The zero-order chi connectivity index (χ0) is 22.1. The molecule has 6 nitrogen and oxygen atoms in total. The molecule has 2 aromatic carbocycles. The fourth-order valence-electron chi connectivity index (χ4n) is 3.48. The largest absolute Gasteiger partial charge is 0.327 e. The summed E-state index contributed by atoms with van der Waals surface area (Å²) in [5.41, 5.74) is 2.62. The monoisotopic (exact) mass is 432 g/mol. The van der Waals surface area contributed by atoms with Crippen LogP contribution in [0.1, 0.15) is 37.7 Å². The summed E-state index contributed by atoms with van der Waals surface area (Å²) in [4.78, 5) is 7.16. The number of sulfonamides is 1. The number of benzene rings is 2. The van der Waals surface area contributed by atoms with Crippen LogP contribution < -0.4 is 0 Å². The Morgan fingerprint density at radius 2 is 1.77 bits per heavy atom. The summed E-state index contributed by atoms with van der Waals surface area (Å²) in [5.74, 6) is 0.629. The number of hydrogen-bond donors (Lipinski definition) is 0. The van der Waals surface area contributed by atoms with E-state index >= 15 is 0 Å². The summed E-state index contributed by atoms with van der Waals surface area (Å²) in [6.07, 6.45) is 0.938. The van der Waals surface area contributed by atoms with Gasteiger partial charge in [0.1, 0.15) is 11.6 Å². The molecular weight excluding hydrogens is 403 g/mol. The number of halogens is 1. The Hall–Kier alpha value is -2.29. The first kappa shape index (κ1) is 22.4. The first-order valence-electron chi connectivity index (χ1n) is 10.0. The molecule has 0 N–H and O–H groups in total. The van der Waals surface area contributed by atoms with E-state index < -0.39 is 10.0 Å². The summed E-state index contributed by atoms with van der Waals surface area (Å²) in [7, 11) is 1.53. The van der Waals surface area contributed by atoms with E-state index in [-0.39, 0.29) is 16.8 Å². The van der Waals surface area contributed by atoms with Gasteiger partial charge in [-0.05, 0) is 56.3 Å². The first-order valence-corrected chi connectivity index (χ1v) is 11.5. The third-order valence-electron chi connectivity index (χ3n) is 5.43. The van der Waals surface area contributed by atoms with Gasteiger partial charge in [0, 0.05) is 26.7 Å². The predicted octanol–water partition coefficient (Wildman–Crippen LogP) is 4.03. The Balaban J connectivity index is 1.95. The van der Waals surface area contributed by atoms with Gasteiger partial charge in [-0.25, -0.2) is 22.1 Å². The van der Waals surface area contributed by atoms with Crippen LogP contribution in [0.5, 0.6) is 0 Å². The Kier molecular flexibility index (Phi) is 6.59. The SMILES string of the molecule is CCCn1c(CN(C)C(C)c2ccc(F)cc2)nc2cc(S(=O)(=O)N(C)C)ccc21. The summed E-state index contributed by atoms with van der Waals surface area (Å²) < 4.78 is 41.6. The molecule has 162 valence electrons. The van der Waals surface area contributed by atoms with Gasteiger partial charge in [0.15, 0.2) is 0 Å². The maximum absolute atomic E-state index is 13.2. The van der Waals surface area contributed by atoms with Gasteiger partial charge in [-0.3, -0.25) is 4.90 Å². The van der Waals surface area contributed by atoms with Crippen LogP contribution in [0, 0.1) is 5.82 Å². The van der Waals surface area contributed by atoms with Crippen LogP contribution in [0.25, 0.3) is 11.0 Å². The molecule has 0 saturated heterocycles. The highest BCUT2D eigenvalue weighted by molar-refractivity contribution is 7.89. The highest BCUT2D eigenvalue weighted by atomic mass is 32.2. The van der Waals surface area contributed by atoms with Crippen molar-refractivity contribution >= 4 is 21.1 Å². The highest BCUT2D eigenvalue weighted by Gasteiger charge is 2.21. The lowest BCUT2D eigenvalue weighted by Crippen LogP contribution is -2.24. The minimum atomic E-state index is -3.52. The molecule has 1 aromatic heterocycles. The van der Waals surface area contributed by atoms with E-state index in [4.69, 9.17) is 4.98 Å². The Morgan fingerprint density at radius 3 is 2.37 bits per heavy atom. The number of nitrogens with zero attached hydrogens (tertiary/aromatic N) is 4. The van der Waals surface area contributed by atoms with Gasteiger partial charge in [-0.2, -0.15) is 0 Å². The topological polar surface area (TPSA) is 58.4 Å². The van der Waals surface area contributed by atoms with Crippen molar-refractivity contribution < 1.29 is 12.8 Å². The van der Waals surface area contributed by atoms with E-state index in [0.717, 1.165) is 29.9 Å². The van der Waals surface area contributed by atoms with Crippen LogP contribution in [0.3, 0.4) is 0 Å². The molecule has 8 heteroatoms. The van der Waals surface area contributed by atoms with E-state index in [9.17, 15) is 12.8 Å². The molecule has 0 saturated carbocycles. The second-order valence-electron chi connectivity index (χ2n) is 7.76. The maximum atomic E-state index is 13.2. The van der Waals surface area contributed by atoms with Crippen LogP contribution in [-0.4, -0.2) is 48.3 Å². The van der Waals surface area contributed by atoms with E-state index in [1.165, 1.54) is 30.5 Å². The van der Waals surface area contributed by atoms with Gasteiger partial charge in [-0.15, -0.1) is 0 Å². The van der Waals surface area contributed by atoms with Crippen molar-refractivity contribution in [2.24, 2.45) is 0 Å². The van der Waals surface area contributed by atoms with Crippen molar-refractivity contribution in [3.05, 3.63) is 59.7 Å². The van der Waals surface area contributed by atoms with Crippen molar-refractivity contribution in [2.45, 2.75) is 44.3 Å². The molecule has 0 fully saturated rings. The van der Waals surface area contributed by atoms with Gasteiger partial charge in [0.05, 0.1) is 22.5 Å². The summed E-state index contributed by atoms with van der Waals surface area (Å²) >= 11 is 0. The van der Waals surface area contributed by atoms with E-state index in [1.807, 2.05) is 13.1 Å². The van der Waals surface area contributed by atoms with E-state index in [1.54, 1.807) is 24.3 Å². The third kappa shape index (κ3) is 4.40. The zero-order valence-electron chi connectivity index (χ0n) is 18.1. The molecule has 0 aliphatic rings. The lowest BCUT2D eigenvalue weighted by molar-refractivity contribution is 0.243. The van der Waals surface area contributed by atoms with Crippen LogP contribution in [-0.2, 0) is 23.1 Å². The lowest BCUT2D eigenvalue weighted by atomic mass is 10.1. The second-order valence-corrected chi connectivity index (χ2v) is 9.91. The molecule has 3 aromatic rings. The maximum Gasteiger partial charge on any atom is 0.242 e. The third-order valence-corrected chi connectivity index (χ3v) is 7.24. The molecule has 0 aliphatic carbocycles. The molecule has 1 unspecified atom stereocenters. The number of fused-ring (bicyclic) bond motifs is 1. The van der Waals surface area contributed by atoms with Gasteiger partial charge >= 0.3 is 0 Å². The van der Waals surface area contributed by atoms with Gasteiger partial charge in [-0.1, -0.05) is 19.1 Å². The zero-order valence-corrected chi connectivity index (χ0v) is 18.9. The number of aryl methyl sites for hydroxylation is 1. The molecule has 30 heavy (non-hydrogen) atoms. The Labute approximate surface area is 178 Å². The molecule has 0 radical (unpaired) electrons. The van der Waals surface area contributed by atoms with Crippen molar-refractivity contribution in [3.63, 3.8) is 0 Å². The highest BCUT2D eigenvalue weighted by Crippen LogP contribution is 2.25. The summed E-state index contributed by atoms with van der Waals surface area (Å²) in [6.45, 7) is 5.56. The van der Waals surface area contributed by atoms with Gasteiger partial charge < -0.3 is 4.57 Å².